The van der Waals surface area contributed by atoms with Crippen LogP contribution in [0, 0.1) is 5.92 Å². The van der Waals surface area contributed by atoms with Gasteiger partial charge < -0.3 is 9.84 Å². The summed E-state index contributed by atoms with van der Waals surface area (Å²) in [4.78, 5) is 13.5. The molecule has 0 radical (unpaired) electrons. The maximum atomic E-state index is 11.9. The zero-order valence-electron chi connectivity index (χ0n) is 10.7. The third-order valence-electron chi connectivity index (χ3n) is 3.41. The number of nitrogens with zero attached hydrogens (tertiary/aromatic N) is 1. The number of carbonyl (C=O) groups is 1. The second kappa shape index (κ2) is 5.40. The van der Waals surface area contributed by atoms with Gasteiger partial charge in [0.25, 0.3) is 0 Å². The number of hydrogen-bond acceptors (Lipinski definition) is 3. The van der Waals surface area contributed by atoms with Gasteiger partial charge >= 0.3 is 6.09 Å². The zero-order valence-corrected chi connectivity index (χ0v) is 10.7. The van der Waals surface area contributed by atoms with E-state index < -0.39 is 0 Å². The molecule has 4 nitrogen and oxygen atoms in total. The number of aliphatic hydroxyl groups is 1. The Hall–Kier alpha value is -1.55. The fraction of sp³-hybridized carbons (Fsp3) is 0.500. The van der Waals surface area contributed by atoms with Gasteiger partial charge in [0.2, 0.25) is 0 Å². The van der Waals surface area contributed by atoms with Crippen LogP contribution in [0.15, 0.2) is 30.3 Å². The van der Waals surface area contributed by atoms with E-state index in [1.165, 1.54) is 0 Å². The molecule has 1 aromatic carbocycles. The van der Waals surface area contributed by atoms with Crippen LogP contribution in [0.3, 0.4) is 0 Å². The average molecular weight is 249 g/mol. The number of amides is 1. The van der Waals surface area contributed by atoms with Gasteiger partial charge in [0.05, 0.1) is 18.7 Å². The molecular weight excluding hydrogens is 230 g/mol. The van der Waals surface area contributed by atoms with E-state index in [0.717, 1.165) is 5.56 Å². The summed E-state index contributed by atoms with van der Waals surface area (Å²) in [6, 6.07) is 9.27. The van der Waals surface area contributed by atoms with Gasteiger partial charge in [0.15, 0.2) is 0 Å². The number of cyclic esters (lactones) is 1. The number of carbonyl (C=O) groups excluding carboxylic acids is 1. The van der Waals surface area contributed by atoms with Gasteiger partial charge in [-0.15, -0.1) is 0 Å². The molecule has 2 rings (SSSR count). The van der Waals surface area contributed by atoms with Crippen molar-refractivity contribution in [1.29, 1.82) is 0 Å². The summed E-state index contributed by atoms with van der Waals surface area (Å²) in [7, 11) is 0. The van der Waals surface area contributed by atoms with E-state index in [0.29, 0.717) is 12.5 Å². The molecule has 0 spiro atoms. The highest BCUT2D eigenvalue weighted by Crippen LogP contribution is 2.30. The van der Waals surface area contributed by atoms with Crippen molar-refractivity contribution >= 4 is 6.09 Å². The molecule has 1 N–H and O–H groups in total. The molecule has 0 saturated carbocycles. The lowest BCUT2D eigenvalue weighted by molar-refractivity contribution is 0.107. The van der Waals surface area contributed by atoms with E-state index in [4.69, 9.17) is 4.74 Å². The monoisotopic (exact) mass is 249 g/mol. The van der Waals surface area contributed by atoms with Gasteiger partial charge in [-0.25, -0.2) is 4.79 Å². The second-order valence-corrected chi connectivity index (χ2v) is 4.90. The first kappa shape index (κ1) is 12.9. The number of hydrogen-bond donors (Lipinski definition) is 1. The predicted octanol–water partition coefficient (Wildman–Crippen LogP) is 2.20. The smallest absolute Gasteiger partial charge is 0.410 e. The lowest BCUT2D eigenvalue weighted by Crippen LogP contribution is -2.41. The normalized spacial score (nSPS) is 21.2. The van der Waals surface area contributed by atoms with Crippen molar-refractivity contribution in [2.75, 3.05) is 13.2 Å². The molecule has 4 heteroatoms. The Morgan fingerprint density at radius 1 is 1.39 bits per heavy atom. The van der Waals surface area contributed by atoms with Gasteiger partial charge in [-0.05, 0) is 11.5 Å². The number of rotatable bonds is 4. The molecule has 98 valence electrons. The second-order valence-electron chi connectivity index (χ2n) is 4.90. The molecule has 0 bridgehead atoms. The summed E-state index contributed by atoms with van der Waals surface area (Å²) in [6.07, 6.45) is -0.336. The zero-order chi connectivity index (χ0) is 13.1. The standard InChI is InChI=1S/C14H19NO3/c1-10(2)13-9-18-14(17)15(13)12(8-16)11-6-4-3-5-7-11/h3-7,10,12-13,16H,8-9H2,1-2H3/t12-,13-/m0/s1. The topological polar surface area (TPSA) is 49.8 Å². The van der Waals surface area contributed by atoms with Gasteiger partial charge in [-0.3, -0.25) is 4.90 Å². The van der Waals surface area contributed by atoms with Crippen LogP contribution in [0.5, 0.6) is 0 Å². The first-order valence-electron chi connectivity index (χ1n) is 6.26. The van der Waals surface area contributed by atoms with E-state index in [1.54, 1.807) is 4.90 Å². The highest BCUT2D eigenvalue weighted by atomic mass is 16.6. The molecule has 0 aliphatic carbocycles. The Kier molecular flexibility index (Phi) is 3.87. The molecule has 18 heavy (non-hydrogen) atoms. The average Bonchev–Trinajstić information content (AvgIpc) is 2.74. The first-order valence-corrected chi connectivity index (χ1v) is 6.26. The summed E-state index contributed by atoms with van der Waals surface area (Å²) < 4.78 is 5.12. The molecule has 1 heterocycles. The van der Waals surface area contributed by atoms with E-state index >= 15 is 0 Å². The van der Waals surface area contributed by atoms with Crippen molar-refractivity contribution in [2.45, 2.75) is 25.9 Å². The first-order chi connectivity index (χ1) is 8.65. The Labute approximate surface area is 107 Å². The molecule has 1 aromatic rings. The van der Waals surface area contributed by atoms with Crippen molar-refractivity contribution in [3.05, 3.63) is 35.9 Å². The molecule has 1 saturated heterocycles. The summed E-state index contributed by atoms with van der Waals surface area (Å²) in [5, 5.41) is 9.61. The maximum Gasteiger partial charge on any atom is 0.410 e. The Balaban J connectivity index is 2.28. The van der Waals surface area contributed by atoms with Crippen LogP contribution in [0.4, 0.5) is 4.79 Å². The van der Waals surface area contributed by atoms with Crippen molar-refractivity contribution < 1.29 is 14.6 Å². The van der Waals surface area contributed by atoms with Gasteiger partial charge in [-0.2, -0.15) is 0 Å². The van der Waals surface area contributed by atoms with Crippen LogP contribution in [-0.4, -0.2) is 35.4 Å². The maximum absolute atomic E-state index is 11.9. The summed E-state index contributed by atoms with van der Waals surface area (Å²) >= 11 is 0. The molecule has 0 aromatic heterocycles. The SMILES string of the molecule is CC(C)[C@@H]1COC(=O)N1[C@@H](CO)c1ccccc1. The molecule has 1 amide bonds. The molecule has 1 aliphatic rings. The summed E-state index contributed by atoms with van der Waals surface area (Å²) in [5.74, 6) is 0.300. The van der Waals surface area contributed by atoms with Gasteiger partial charge in [0, 0.05) is 0 Å². The fourth-order valence-corrected chi connectivity index (χ4v) is 2.35. The van der Waals surface area contributed by atoms with Crippen molar-refractivity contribution in [3.8, 4) is 0 Å². The Morgan fingerprint density at radius 2 is 2.06 bits per heavy atom. The van der Waals surface area contributed by atoms with Crippen LogP contribution in [0.1, 0.15) is 25.5 Å². The highest BCUT2D eigenvalue weighted by Gasteiger charge is 2.39. The van der Waals surface area contributed by atoms with Crippen LogP contribution < -0.4 is 0 Å². The van der Waals surface area contributed by atoms with Crippen LogP contribution in [0.25, 0.3) is 0 Å². The fourth-order valence-electron chi connectivity index (χ4n) is 2.35. The van der Waals surface area contributed by atoms with Gasteiger partial charge in [-0.1, -0.05) is 44.2 Å². The minimum absolute atomic E-state index is 0.0230. The third kappa shape index (κ3) is 2.34. The van der Waals surface area contributed by atoms with Crippen LogP contribution in [-0.2, 0) is 4.74 Å². The van der Waals surface area contributed by atoms with E-state index in [-0.39, 0.29) is 24.8 Å². The number of benzene rings is 1. The largest absolute Gasteiger partial charge is 0.447 e. The van der Waals surface area contributed by atoms with E-state index in [2.05, 4.69) is 13.8 Å². The van der Waals surface area contributed by atoms with Crippen LogP contribution >= 0.6 is 0 Å². The lowest BCUT2D eigenvalue weighted by Gasteiger charge is -2.31. The molecule has 0 unspecified atom stereocenters. The quantitative estimate of drug-likeness (QED) is 0.890. The highest BCUT2D eigenvalue weighted by molar-refractivity contribution is 5.71. The molecular formula is C14H19NO3. The summed E-state index contributed by atoms with van der Waals surface area (Å²) in [5.41, 5.74) is 0.935. The molecule has 1 fully saturated rings. The van der Waals surface area contributed by atoms with E-state index in [9.17, 15) is 9.90 Å². The van der Waals surface area contributed by atoms with Crippen molar-refractivity contribution in [2.24, 2.45) is 5.92 Å². The third-order valence-corrected chi connectivity index (χ3v) is 3.41. The molecule has 2 atom stereocenters. The van der Waals surface area contributed by atoms with Crippen LogP contribution in [0.2, 0.25) is 0 Å². The number of ether oxygens (including phenoxy) is 1. The predicted molar refractivity (Wildman–Crippen MR) is 68.1 cm³/mol. The minimum Gasteiger partial charge on any atom is -0.447 e. The van der Waals surface area contributed by atoms with Crippen molar-refractivity contribution in [1.82, 2.24) is 4.90 Å². The Morgan fingerprint density at radius 3 is 2.61 bits per heavy atom. The minimum atomic E-state index is -0.336. The van der Waals surface area contributed by atoms with E-state index in [1.807, 2.05) is 30.3 Å². The number of aliphatic hydroxyl groups excluding tert-OH is 1. The lowest BCUT2D eigenvalue weighted by atomic mass is 9.99. The Bertz CT molecular complexity index is 405. The van der Waals surface area contributed by atoms with Gasteiger partial charge in [0.1, 0.15) is 6.61 Å². The summed E-state index contributed by atoms with van der Waals surface area (Å²) in [6.45, 7) is 4.42. The molecule has 1 aliphatic heterocycles. The van der Waals surface area contributed by atoms with Crippen molar-refractivity contribution in [3.63, 3.8) is 0 Å².